The van der Waals surface area contributed by atoms with Gasteiger partial charge in [-0.1, -0.05) is 23.2 Å². The number of methoxy groups -OCH3 is 1. The van der Waals surface area contributed by atoms with Crippen LogP contribution in [0.4, 0.5) is 5.69 Å². The van der Waals surface area contributed by atoms with Crippen LogP contribution in [-0.2, 0) is 0 Å². The third-order valence-electron chi connectivity index (χ3n) is 4.56. The van der Waals surface area contributed by atoms with Crippen LogP contribution in [0.3, 0.4) is 0 Å². The van der Waals surface area contributed by atoms with E-state index in [9.17, 15) is 9.59 Å². The Labute approximate surface area is 191 Å². The van der Waals surface area contributed by atoms with Gasteiger partial charge in [-0.3, -0.25) is 14.7 Å². The van der Waals surface area contributed by atoms with E-state index in [0.29, 0.717) is 17.4 Å². The molecule has 4 aromatic rings. The van der Waals surface area contributed by atoms with Crippen LogP contribution < -0.4 is 15.4 Å². The first kappa shape index (κ1) is 21.6. The predicted octanol–water partition coefficient (Wildman–Crippen LogP) is 3.46. The fourth-order valence-electron chi connectivity index (χ4n) is 3.15. The van der Waals surface area contributed by atoms with Crippen LogP contribution in [0.15, 0.2) is 36.7 Å². The lowest BCUT2D eigenvalue weighted by Crippen LogP contribution is -2.26. The number of aromatic amines is 1. The molecule has 0 aliphatic heterocycles. The second-order valence-electron chi connectivity index (χ2n) is 6.55. The van der Waals surface area contributed by atoms with Gasteiger partial charge in [-0.05, 0) is 25.1 Å². The van der Waals surface area contributed by atoms with Crippen molar-refractivity contribution in [1.82, 2.24) is 30.3 Å². The van der Waals surface area contributed by atoms with Crippen molar-refractivity contribution in [3.63, 3.8) is 0 Å². The lowest BCUT2D eigenvalue weighted by Gasteiger charge is -2.14. The third kappa shape index (κ3) is 3.85. The highest BCUT2D eigenvalue weighted by molar-refractivity contribution is 6.36. The Morgan fingerprint density at radius 2 is 2.03 bits per heavy atom. The molecule has 32 heavy (non-hydrogen) atoms. The molecule has 0 radical (unpaired) electrons. The van der Waals surface area contributed by atoms with Crippen molar-refractivity contribution in [1.29, 1.82) is 0 Å². The Morgan fingerprint density at radius 1 is 1.22 bits per heavy atom. The summed E-state index contributed by atoms with van der Waals surface area (Å²) < 4.78 is 6.43. The molecular formula is C20H17Cl2N7O3. The van der Waals surface area contributed by atoms with Crippen LogP contribution in [0.2, 0.25) is 10.0 Å². The van der Waals surface area contributed by atoms with Gasteiger partial charge in [0.1, 0.15) is 5.69 Å². The Morgan fingerprint density at radius 3 is 2.75 bits per heavy atom. The largest absolute Gasteiger partial charge is 0.480 e. The number of carbonyl (C=O) groups is 2. The molecule has 0 spiro atoms. The van der Waals surface area contributed by atoms with Crippen molar-refractivity contribution in [2.75, 3.05) is 19.0 Å². The minimum absolute atomic E-state index is 0.0741. The molecule has 164 valence electrons. The molecule has 3 aromatic heterocycles. The number of aromatic nitrogens is 5. The average molecular weight is 474 g/mol. The molecule has 12 heteroatoms. The van der Waals surface area contributed by atoms with Gasteiger partial charge in [-0.2, -0.15) is 5.10 Å². The van der Waals surface area contributed by atoms with Crippen molar-refractivity contribution in [3.05, 3.63) is 58.0 Å². The summed E-state index contributed by atoms with van der Waals surface area (Å²) in [6.45, 7) is 2.17. The number of fused-ring (bicyclic) bond motifs is 1. The Bertz CT molecular complexity index is 1330. The molecule has 0 unspecified atom stereocenters. The van der Waals surface area contributed by atoms with Crippen molar-refractivity contribution >= 4 is 51.6 Å². The first-order valence-electron chi connectivity index (χ1n) is 9.44. The standard InChI is InChI=1S/C20H17Cl2N7O3/c1-3-23-20(31)15-16-10(9-25-27-16)7-12(22)17(15)26-19(30)13-8-14(32-2)28-29(13)18-11(21)5-4-6-24-18/h4-9H,3H2,1-2H3,(H,23,31)(H,25,27)(H,26,30). The lowest BCUT2D eigenvalue weighted by atomic mass is 10.1. The maximum absolute atomic E-state index is 13.3. The van der Waals surface area contributed by atoms with Gasteiger partial charge in [-0.25, -0.2) is 9.67 Å². The van der Waals surface area contributed by atoms with Gasteiger partial charge in [0, 0.05) is 24.2 Å². The van der Waals surface area contributed by atoms with E-state index in [1.165, 1.54) is 24.1 Å². The number of carbonyl (C=O) groups excluding carboxylic acids is 2. The minimum atomic E-state index is -0.603. The first-order chi connectivity index (χ1) is 15.4. The predicted molar refractivity (Wildman–Crippen MR) is 120 cm³/mol. The Balaban J connectivity index is 1.81. The van der Waals surface area contributed by atoms with E-state index >= 15 is 0 Å². The zero-order valence-corrected chi connectivity index (χ0v) is 18.5. The van der Waals surface area contributed by atoms with Gasteiger partial charge in [0.15, 0.2) is 5.82 Å². The Hall–Kier alpha value is -3.63. The number of anilines is 1. The number of benzene rings is 1. The summed E-state index contributed by atoms with van der Waals surface area (Å²) in [5, 5.41) is 17.5. The molecule has 0 atom stereocenters. The van der Waals surface area contributed by atoms with Gasteiger partial charge in [0.2, 0.25) is 5.88 Å². The summed E-state index contributed by atoms with van der Waals surface area (Å²) in [6.07, 6.45) is 3.06. The molecule has 4 rings (SSSR count). The molecule has 0 saturated carbocycles. The number of halogens is 2. The highest BCUT2D eigenvalue weighted by Gasteiger charge is 2.25. The van der Waals surface area contributed by atoms with E-state index in [-0.39, 0.29) is 38.7 Å². The third-order valence-corrected chi connectivity index (χ3v) is 5.15. The zero-order chi connectivity index (χ0) is 22.8. The van der Waals surface area contributed by atoms with E-state index in [2.05, 4.69) is 30.9 Å². The van der Waals surface area contributed by atoms with Crippen LogP contribution in [0.1, 0.15) is 27.8 Å². The van der Waals surface area contributed by atoms with Crippen molar-refractivity contribution in [2.24, 2.45) is 0 Å². The molecule has 0 bridgehead atoms. The van der Waals surface area contributed by atoms with Crippen LogP contribution in [0, 0.1) is 0 Å². The summed E-state index contributed by atoms with van der Waals surface area (Å²) in [7, 11) is 1.42. The highest BCUT2D eigenvalue weighted by atomic mass is 35.5. The SMILES string of the molecule is CCNC(=O)c1c(NC(=O)c2cc(OC)nn2-c2ncccc2Cl)c(Cl)cc2cn[nH]c12. The number of nitrogens with one attached hydrogen (secondary N) is 3. The molecule has 0 aliphatic carbocycles. The van der Waals surface area contributed by atoms with Crippen molar-refractivity contribution in [2.45, 2.75) is 6.92 Å². The first-order valence-corrected chi connectivity index (χ1v) is 10.2. The lowest BCUT2D eigenvalue weighted by molar-refractivity contribution is 0.0958. The van der Waals surface area contributed by atoms with Crippen LogP contribution in [0.5, 0.6) is 5.88 Å². The van der Waals surface area contributed by atoms with E-state index in [4.69, 9.17) is 27.9 Å². The van der Waals surface area contributed by atoms with Crippen LogP contribution in [0.25, 0.3) is 16.7 Å². The molecule has 0 aliphatic rings. The summed E-state index contributed by atoms with van der Waals surface area (Å²) in [5.41, 5.74) is 0.798. The zero-order valence-electron chi connectivity index (χ0n) is 16.9. The second-order valence-corrected chi connectivity index (χ2v) is 7.36. The van der Waals surface area contributed by atoms with E-state index < -0.39 is 11.8 Å². The number of nitrogens with zero attached hydrogens (tertiary/aromatic N) is 4. The summed E-state index contributed by atoms with van der Waals surface area (Å²) in [6, 6.07) is 6.31. The monoisotopic (exact) mass is 473 g/mol. The topological polar surface area (TPSA) is 127 Å². The van der Waals surface area contributed by atoms with E-state index in [0.717, 1.165) is 0 Å². The molecule has 3 N–H and O–H groups in total. The van der Waals surface area contributed by atoms with Gasteiger partial charge in [-0.15, -0.1) is 5.10 Å². The summed E-state index contributed by atoms with van der Waals surface area (Å²) >= 11 is 12.7. The number of pyridine rings is 1. The van der Waals surface area contributed by atoms with E-state index in [1.807, 2.05) is 0 Å². The Kier molecular flexibility index (Phi) is 5.97. The molecule has 0 saturated heterocycles. The molecule has 1 aromatic carbocycles. The summed E-state index contributed by atoms with van der Waals surface area (Å²) in [4.78, 5) is 30.3. The van der Waals surface area contributed by atoms with Crippen molar-refractivity contribution < 1.29 is 14.3 Å². The molecule has 10 nitrogen and oxygen atoms in total. The maximum atomic E-state index is 13.3. The average Bonchev–Trinajstić information content (AvgIpc) is 3.41. The van der Waals surface area contributed by atoms with Crippen molar-refractivity contribution in [3.8, 4) is 11.7 Å². The molecular weight excluding hydrogens is 457 g/mol. The fourth-order valence-corrected chi connectivity index (χ4v) is 3.61. The van der Waals surface area contributed by atoms with Crippen LogP contribution >= 0.6 is 23.2 Å². The number of hydrogen-bond acceptors (Lipinski definition) is 6. The number of hydrogen-bond donors (Lipinski definition) is 3. The van der Waals surface area contributed by atoms with Crippen LogP contribution in [-0.4, -0.2) is 50.4 Å². The fraction of sp³-hybridized carbons (Fsp3) is 0.150. The minimum Gasteiger partial charge on any atom is -0.480 e. The van der Waals surface area contributed by atoms with Gasteiger partial charge in [0.25, 0.3) is 11.8 Å². The summed E-state index contributed by atoms with van der Waals surface area (Å²) in [5.74, 6) is -0.607. The molecule has 0 fully saturated rings. The highest BCUT2D eigenvalue weighted by Crippen LogP contribution is 2.33. The van der Waals surface area contributed by atoms with Gasteiger partial charge >= 0.3 is 0 Å². The van der Waals surface area contributed by atoms with Gasteiger partial charge in [0.05, 0.1) is 40.1 Å². The molecule has 2 amide bonds. The number of rotatable bonds is 6. The normalized spacial score (nSPS) is 10.9. The second kappa shape index (κ2) is 8.85. The number of H-pyrrole nitrogens is 1. The van der Waals surface area contributed by atoms with E-state index in [1.54, 1.807) is 31.3 Å². The quantitative estimate of drug-likeness (QED) is 0.393. The number of amides is 2. The smallest absolute Gasteiger partial charge is 0.274 e. The maximum Gasteiger partial charge on any atom is 0.274 e. The number of ether oxygens (including phenoxy) is 1. The van der Waals surface area contributed by atoms with Gasteiger partial charge < -0.3 is 15.4 Å². The molecule has 3 heterocycles.